The van der Waals surface area contributed by atoms with E-state index < -0.39 is 23.0 Å². The third-order valence-corrected chi connectivity index (χ3v) is 5.31. The number of alkyl halides is 3. The second kappa shape index (κ2) is 9.72. The third kappa shape index (κ3) is 5.58. The van der Waals surface area contributed by atoms with Gasteiger partial charge >= 0.3 is 11.9 Å². The molecule has 0 aliphatic heterocycles. The van der Waals surface area contributed by atoms with Gasteiger partial charge in [-0.15, -0.1) is 0 Å². The highest BCUT2D eigenvalue weighted by Gasteiger charge is 2.30. The van der Waals surface area contributed by atoms with Gasteiger partial charge in [0, 0.05) is 25.7 Å². The Morgan fingerprint density at radius 1 is 1.03 bits per heavy atom. The van der Waals surface area contributed by atoms with Crippen LogP contribution in [0.3, 0.4) is 0 Å². The number of aromatic nitrogens is 2. The van der Waals surface area contributed by atoms with Crippen molar-refractivity contribution in [1.82, 2.24) is 9.13 Å². The molecule has 0 unspecified atom stereocenters. The monoisotopic (exact) mass is 482 g/mol. The lowest BCUT2D eigenvalue weighted by atomic mass is 10.1. The predicted octanol–water partition coefficient (Wildman–Crippen LogP) is 3.52. The number of nitrogen functional groups attached to an aromatic ring is 1. The van der Waals surface area contributed by atoms with Gasteiger partial charge < -0.3 is 15.4 Å². The van der Waals surface area contributed by atoms with Gasteiger partial charge in [0.1, 0.15) is 18.2 Å². The summed E-state index contributed by atoms with van der Waals surface area (Å²) in [6.45, 7) is -0.124. The fourth-order valence-electron chi connectivity index (χ4n) is 3.25. The van der Waals surface area contributed by atoms with Crippen molar-refractivity contribution in [3.05, 3.63) is 91.1 Å². The molecule has 0 spiro atoms. The molecule has 1 heterocycles. The normalized spacial score (nSPS) is 11.6. The van der Waals surface area contributed by atoms with Crippen LogP contribution in [0, 0.1) is 0 Å². The summed E-state index contributed by atoms with van der Waals surface area (Å²) in [5.74, 6) is -0.0558. The molecular weight excluding hydrogens is 461 g/mol. The molecular formula is C22H22ClF3N4O3. The van der Waals surface area contributed by atoms with Crippen LogP contribution in [0.2, 0.25) is 5.02 Å². The van der Waals surface area contributed by atoms with Gasteiger partial charge in [0.05, 0.1) is 12.2 Å². The molecule has 0 bridgehead atoms. The molecule has 33 heavy (non-hydrogen) atoms. The van der Waals surface area contributed by atoms with Crippen molar-refractivity contribution >= 4 is 23.1 Å². The summed E-state index contributed by atoms with van der Waals surface area (Å²) >= 11 is 5.94. The molecule has 3 aromatic rings. The molecule has 7 nitrogen and oxygen atoms in total. The Morgan fingerprint density at radius 2 is 1.70 bits per heavy atom. The smallest absolute Gasteiger partial charge is 0.383 e. The SMILES string of the molecule is Cn1c(N)c(N(COCc2cccc(C(F)(F)F)c2)Cc2ccc(Cl)cc2)c(=O)n(C)c1=O. The lowest BCUT2D eigenvalue weighted by Crippen LogP contribution is -2.43. The Balaban J connectivity index is 1.90. The summed E-state index contributed by atoms with van der Waals surface area (Å²) < 4.78 is 46.6. The molecule has 1 aromatic heterocycles. The number of ether oxygens (including phenoxy) is 1. The van der Waals surface area contributed by atoms with Crippen LogP contribution in [-0.2, 0) is 38.2 Å². The number of hydrogen-bond acceptors (Lipinski definition) is 5. The predicted molar refractivity (Wildman–Crippen MR) is 120 cm³/mol. The maximum Gasteiger partial charge on any atom is 0.416 e. The van der Waals surface area contributed by atoms with Crippen molar-refractivity contribution < 1.29 is 17.9 Å². The minimum Gasteiger partial charge on any atom is -0.383 e. The lowest BCUT2D eigenvalue weighted by Gasteiger charge is -2.26. The van der Waals surface area contributed by atoms with Crippen molar-refractivity contribution in [3.63, 3.8) is 0 Å². The summed E-state index contributed by atoms with van der Waals surface area (Å²) in [5, 5.41) is 0.531. The van der Waals surface area contributed by atoms with Crippen LogP contribution in [0.4, 0.5) is 24.7 Å². The first-order chi connectivity index (χ1) is 15.5. The minimum absolute atomic E-state index is 0.0404. The Morgan fingerprint density at radius 3 is 2.33 bits per heavy atom. The van der Waals surface area contributed by atoms with E-state index in [1.807, 2.05) is 0 Å². The van der Waals surface area contributed by atoms with E-state index in [1.165, 1.54) is 31.1 Å². The van der Waals surface area contributed by atoms with Gasteiger partial charge in [-0.3, -0.25) is 13.9 Å². The first-order valence-corrected chi connectivity index (χ1v) is 10.2. The first kappa shape index (κ1) is 24.4. The van der Waals surface area contributed by atoms with E-state index in [2.05, 4.69) is 0 Å². The van der Waals surface area contributed by atoms with E-state index in [0.717, 1.165) is 26.8 Å². The fourth-order valence-corrected chi connectivity index (χ4v) is 3.38. The van der Waals surface area contributed by atoms with Crippen LogP contribution in [-0.4, -0.2) is 15.9 Å². The first-order valence-electron chi connectivity index (χ1n) is 9.77. The van der Waals surface area contributed by atoms with E-state index in [9.17, 15) is 22.8 Å². The Labute approximate surface area is 192 Å². The topological polar surface area (TPSA) is 82.5 Å². The van der Waals surface area contributed by atoms with Gasteiger partial charge in [-0.05, 0) is 35.4 Å². The highest BCUT2D eigenvalue weighted by molar-refractivity contribution is 6.30. The molecule has 0 amide bonds. The molecule has 0 aliphatic rings. The summed E-state index contributed by atoms with van der Waals surface area (Å²) in [6.07, 6.45) is -4.47. The van der Waals surface area contributed by atoms with E-state index in [-0.39, 0.29) is 31.4 Å². The highest BCUT2D eigenvalue weighted by atomic mass is 35.5. The molecule has 0 fully saturated rings. The van der Waals surface area contributed by atoms with Gasteiger partial charge in [-0.2, -0.15) is 13.2 Å². The lowest BCUT2D eigenvalue weighted by molar-refractivity contribution is -0.137. The maximum absolute atomic E-state index is 13.0. The van der Waals surface area contributed by atoms with Crippen LogP contribution in [0.5, 0.6) is 0 Å². The largest absolute Gasteiger partial charge is 0.416 e. The second-order valence-electron chi connectivity index (χ2n) is 7.44. The molecule has 11 heteroatoms. The number of halogens is 4. The van der Waals surface area contributed by atoms with Gasteiger partial charge in [0.25, 0.3) is 5.56 Å². The Kier molecular flexibility index (Phi) is 7.19. The van der Waals surface area contributed by atoms with E-state index in [0.29, 0.717) is 10.6 Å². The van der Waals surface area contributed by atoms with Gasteiger partial charge in [-0.1, -0.05) is 35.9 Å². The van der Waals surface area contributed by atoms with Crippen molar-refractivity contribution in [2.45, 2.75) is 19.3 Å². The molecule has 2 aromatic carbocycles. The number of benzene rings is 2. The standard InChI is InChI=1S/C22H22ClF3N4O3/c1-28-19(27)18(20(31)29(2)21(28)32)30(11-14-6-8-17(23)9-7-14)13-33-12-15-4-3-5-16(10-15)22(24,25)26/h3-10H,11-13,27H2,1-2H3. The third-order valence-electron chi connectivity index (χ3n) is 5.06. The zero-order valence-corrected chi connectivity index (χ0v) is 18.7. The number of hydrogen-bond donors (Lipinski definition) is 1. The van der Waals surface area contributed by atoms with Crippen molar-refractivity contribution in [1.29, 1.82) is 0 Å². The van der Waals surface area contributed by atoms with E-state index >= 15 is 0 Å². The Hall–Kier alpha value is -3.24. The van der Waals surface area contributed by atoms with Crippen LogP contribution in [0.1, 0.15) is 16.7 Å². The van der Waals surface area contributed by atoms with Crippen molar-refractivity contribution in [2.75, 3.05) is 17.4 Å². The summed E-state index contributed by atoms with van der Waals surface area (Å²) in [5.41, 5.74) is 5.24. The van der Waals surface area contributed by atoms with Gasteiger partial charge in [0.2, 0.25) is 0 Å². The van der Waals surface area contributed by atoms with Crippen LogP contribution in [0.25, 0.3) is 0 Å². The second-order valence-corrected chi connectivity index (χ2v) is 7.88. The summed E-state index contributed by atoms with van der Waals surface area (Å²) in [7, 11) is 2.77. The van der Waals surface area contributed by atoms with Crippen LogP contribution >= 0.6 is 11.6 Å². The van der Waals surface area contributed by atoms with Crippen molar-refractivity contribution in [3.8, 4) is 0 Å². The van der Waals surface area contributed by atoms with Gasteiger partial charge in [-0.25, -0.2) is 4.79 Å². The van der Waals surface area contributed by atoms with E-state index in [1.54, 1.807) is 24.3 Å². The number of anilines is 2. The Bertz CT molecular complexity index is 1250. The average Bonchev–Trinajstić information content (AvgIpc) is 2.77. The van der Waals surface area contributed by atoms with Crippen LogP contribution < -0.4 is 21.9 Å². The molecule has 0 saturated carbocycles. The molecule has 2 N–H and O–H groups in total. The fraction of sp³-hybridized carbons (Fsp3) is 0.273. The molecule has 0 atom stereocenters. The van der Waals surface area contributed by atoms with Crippen LogP contribution in [0.15, 0.2) is 58.1 Å². The molecule has 176 valence electrons. The van der Waals surface area contributed by atoms with Gasteiger partial charge in [0.15, 0.2) is 0 Å². The highest BCUT2D eigenvalue weighted by Crippen LogP contribution is 2.29. The minimum atomic E-state index is -4.47. The molecule has 3 rings (SSSR count). The molecule has 0 saturated heterocycles. The van der Waals surface area contributed by atoms with E-state index in [4.69, 9.17) is 22.1 Å². The average molecular weight is 483 g/mol. The molecule has 0 aliphatic carbocycles. The summed E-state index contributed by atoms with van der Waals surface area (Å²) in [4.78, 5) is 26.6. The zero-order valence-electron chi connectivity index (χ0n) is 17.9. The number of nitrogens with zero attached hydrogens (tertiary/aromatic N) is 3. The number of nitrogens with two attached hydrogens (primary N) is 1. The van der Waals surface area contributed by atoms with Crippen molar-refractivity contribution in [2.24, 2.45) is 14.1 Å². The zero-order chi connectivity index (χ0) is 24.3. The summed E-state index contributed by atoms with van der Waals surface area (Å²) in [6, 6.07) is 11.7. The quantitative estimate of drug-likeness (QED) is 0.521. The number of rotatable bonds is 7. The molecule has 0 radical (unpaired) electrons. The maximum atomic E-state index is 13.0.